The molecule has 2 aliphatic rings. The summed E-state index contributed by atoms with van der Waals surface area (Å²) in [6, 6.07) is 6.16. The van der Waals surface area contributed by atoms with Gasteiger partial charge in [-0.25, -0.2) is 4.79 Å². The van der Waals surface area contributed by atoms with E-state index in [1.54, 1.807) is 4.90 Å². The lowest BCUT2D eigenvalue weighted by molar-refractivity contribution is -0.131. The van der Waals surface area contributed by atoms with Crippen LogP contribution in [0.3, 0.4) is 0 Å². The van der Waals surface area contributed by atoms with Gasteiger partial charge in [-0.15, -0.1) is 0 Å². The van der Waals surface area contributed by atoms with Crippen LogP contribution in [0.2, 0.25) is 0 Å². The van der Waals surface area contributed by atoms with E-state index in [-0.39, 0.29) is 11.9 Å². The Morgan fingerprint density at radius 1 is 1.13 bits per heavy atom. The summed E-state index contributed by atoms with van der Waals surface area (Å²) in [6.45, 7) is 7.16. The summed E-state index contributed by atoms with van der Waals surface area (Å²) >= 11 is 0. The van der Waals surface area contributed by atoms with E-state index in [1.165, 1.54) is 11.1 Å². The number of piperazine rings is 1. The first-order valence-corrected chi connectivity index (χ1v) is 10.5. The Balaban J connectivity index is 1.20. The maximum atomic E-state index is 12.6. The Bertz CT molecular complexity index is 912. The van der Waals surface area contributed by atoms with E-state index in [0.29, 0.717) is 44.9 Å². The lowest BCUT2D eigenvalue weighted by atomic mass is 10.1. The molecule has 0 radical (unpaired) electrons. The molecule has 160 valence electrons. The second kappa shape index (κ2) is 8.77. The Kier molecular flexibility index (Phi) is 5.92. The zero-order valence-corrected chi connectivity index (χ0v) is 17.6. The Labute approximate surface area is 176 Å². The molecule has 0 saturated carbocycles. The second-order valence-corrected chi connectivity index (χ2v) is 7.87. The van der Waals surface area contributed by atoms with Gasteiger partial charge in [0.1, 0.15) is 11.5 Å². The lowest BCUT2D eigenvalue weighted by Crippen LogP contribution is -2.53. The second-order valence-electron chi connectivity index (χ2n) is 7.87. The van der Waals surface area contributed by atoms with Gasteiger partial charge in [0.05, 0.1) is 18.7 Å². The van der Waals surface area contributed by atoms with Crippen LogP contribution in [-0.2, 0) is 24.1 Å². The number of hydrogen-bond acceptors (Lipinski definition) is 5. The molecule has 8 heteroatoms. The first-order valence-electron chi connectivity index (χ1n) is 10.5. The minimum atomic E-state index is -0.0719. The molecule has 2 aromatic rings. The van der Waals surface area contributed by atoms with Crippen LogP contribution in [0.5, 0.6) is 5.75 Å². The average Bonchev–Trinajstić information content (AvgIpc) is 3.35. The zero-order valence-electron chi connectivity index (χ0n) is 17.6. The molecule has 3 heterocycles. The summed E-state index contributed by atoms with van der Waals surface area (Å²) in [5.74, 6) is 1.71. The van der Waals surface area contributed by atoms with Gasteiger partial charge in [0.25, 0.3) is 0 Å². The third-order valence-corrected chi connectivity index (χ3v) is 5.87. The first kappa shape index (κ1) is 20.3. The van der Waals surface area contributed by atoms with Gasteiger partial charge in [-0.05, 0) is 37.5 Å². The van der Waals surface area contributed by atoms with Crippen molar-refractivity contribution in [2.75, 3.05) is 39.3 Å². The number of aromatic nitrogens is 1. The van der Waals surface area contributed by atoms with Gasteiger partial charge in [0, 0.05) is 44.7 Å². The highest BCUT2D eigenvalue weighted by molar-refractivity contribution is 5.80. The number of nitrogens with one attached hydrogen (secondary N) is 1. The van der Waals surface area contributed by atoms with Gasteiger partial charge in [0.15, 0.2) is 0 Å². The molecule has 0 bridgehead atoms. The number of benzene rings is 1. The van der Waals surface area contributed by atoms with Crippen molar-refractivity contribution in [2.45, 2.75) is 33.1 Å². The number of carbonyl (C=O) groups excluding carboxylic acids is 2. The Morgan fingerprint density at radius 3 is 2.63 bits per heavy atom. The summed E-state index contributed by atoms with van der Waals surface area (Å²) in [5, 5.41) is 6.90. The normalized spacial score (nSPS) is 15.7. The fourth-order valence-corrected chi connectivity index (χ4v) is 4.00. The predicted molar refractivity (Wildman–Crippen MR) is 111 cm³/mol. The third kappa shape index (κ3) is 4.42. The summed E-state index contributed by atoms with van der Waals surface area (Å²) in [6.07, 6.45) is 2.03. The van der Waals surface area contributed by atoms with Crippen molar-refractivity contribution < 1.29 is 18.8 Å². The van der Waals surface area contributed by atoms with Crippen molar-refractivity contribution in [1.82, 2.24) is 20.3 Å². The van der Waals surface area contributed by atoms with E-state index >= 15 is 0 Å². The quantitative estimate of drug-likeness (QED) is 0.810. The standard InChI is InChI=1S/C22H28N4O4/c1-15-19(16(2)30-24-15)14-21(27)25-8-10-26(11-9-25)22(28)23-7-5-17-3-4-20-18(13-17)6-12-29-20/h3-4,13H,5-12,14H2,1-2H3,(H,23,28). The van der Waals surface area contributed by atoms with E-state index < -0.39 is 0 Å². The number of aryl methyl sites for hydroxylation is 2. The van der Waals surface area contributed by atoms with Crippen LogP contribution in [0.15, 0.2) is 22.7 Å². The topological polar surface area (TPSA) is 87.9 Å². The molecule has 0 aliphatic carbocycles. The molecule has 3 amide bonds. The molecule has 1 aromatic carbocycles. The smallest absolute Gasteiger partial charge is 0.317 e. The fraction of sp³-hybridized carbons (Fsp3) is 0.500. The van der Waals surface area contributed by atoms with Crippen molar-refractivity contribution in [1.29, 1.82) is 0 Å². The SMILES string of the molecule is Cc1noc(C)c1CC(=O)N1CCN(C(=O)NCCc2ccc3c(c2)CCO3)CC1. The van der Waals surface area contributed by atoms with Crippen LogP contribution in [-0.4, -0.2) is 66.2 Å². The van der Waals surface area contributed by atoms with Crippen LogP contribution >= 0.6 is 0 Å². The van der Waals surface area contributed by atoms with Crippen molar-refractivity contribution in [3.63, 3.8) is 0 Å². The van der Waals surface area contributed by atoms with Gasteiger partial charge in [0.2, 0.25) is 5.91 Å². The summed E-state index contributed by atoms with van der Waals surface area (Å²) in [5.41, 5.74) is 4.07. The largest absolute Gasteiger partial charge is 0.493 e. The minimum Gasteiger partial charge on any atom is -0.493 e. The highest BCUT2D eigenvalue weighted by Crippen LogP contribution is 2.25. The number of fused-ring (bicyclic) bond motifs is 1. The fourth-order valence-electron chi connectivity index (χ4n) is 4.00. The van der Waals surface area contributed by atoms with Gasteiger partial charge in [-0.3, -0.25) is 4.79 Å². The van der Waals surface area contributed by atoms with Crippen molar-refractivity contribution >= 4 is 11.9 Å². The van der Waals surface area contributed by atoms with Crippen molar-refractivity contribution in [3.8, 4) is 5.75 Å². The first-order chi connectivity index (χ1) is 14.5. The molecular formula is C22H28N4O4. The summed E-state index contributed by atoms with van der Waals surface area (Å²) in [4.78, 5) is 28.6. The van der Waals surface area contributed by atoms with Crippen LogP contribution in [0.1, 0.15) is 28.1 Å². The molecule has 0 spiro atoms. The number of nitrogens with zero attached hydrogens (tertiary/aromatic N) is 3. The molecule has 1 saturated heterocycles. The minimum absolute atomic E-state index is 0.0463. The molecule has 0 unspecified atom stereocenters. The van der Waals surface area contributed by atoms with Crippen molar-refractivity contribution in [3.05, 3.63) is 46.3 Å². The van der Waals surface area contributed by atoms with E-state index in [2.05, 4.69) is 22.6 Å². The third-order valence-electron chi connectivity index (χ3n) is 5.87. The van der Waals surface area contributed by atoms with Crippen LogP contribution in [0.4, 0.5) is 4.79 Å². The number of urea groups is 1. The number of rotatable bonds is 5. The highest BCUT2D eigenvalue weighted by atomic mass is 16.5. The van der Waals surface area contributed by atoms with Gasteiger partial charge in [-0.1, -0.05) is 17.3 Å². The molecule has 30 heavy (non-hydrogen) atoms. The maximum Gasteiger partial charge on any atom is 0.317 e. The van der Waals surface area contributed by atoms with E-state index in [4.69, 9.17) is 9.26 Å². The molecule has 8 nitrogen and oxygen atoms in total. The van der Waals surface area contributed by atoms with E-state index in [1.807, 2.05) is 24.8 Å². The molecule has 1 aromatic heterocycles. The van der Waals surface area contributed by atoms with Crippen LogP contribution in [0, 0.1) is 13.8 Å². The maximum absolute atomic E-state index is 12.6. The number of amides is 3. The molecular weight excluding hydrogens is 384 g/mol. The Morgan fingerprint density at radius 2 is 1.90 bits per heavy atom. The summed E-state index contributed by atoms with van der Waals surface area (Å²) in [7, 11) is 0. The zero-order chi connectivity index (χ0) is 21.1. The average molecular weight is 412 g/mol. The summed E-state index contributed by atoms with van der Waals surface area (Å²) < 4.78 is 10.7. The molecule has 1 N–H and O–H groups in total. The molecule has 1 fully saturated rings. The van der Waals surface area contributed by atoms with E-state index in [0.717, 1.165) is 36.5 Å². The molecule has 0 atom stereocenters. The lowest BCUT2D eigenvalue weighted by Gasteiger charge is -2.34. The Hall–Kier alpha value is -3.03. The van der Waals surface area contributed by atoms with Crippen LogP contribution in [0.25, 0.3) is 0 Å². The van der Waals surface area contributed by atoms with Gasteiger partial charge in [-0.2, -0.15) is 0 Å². The predicted octanol–water partition coefficient (Wildman–Crippen LogP) is 1.87. The van der Waals surface area contributed by atoms with Gasteiger partial charge < -0.3 is 24.4 Å². The molecule has 2 aliphatic heterocycles. The number of carbonyl (C=O) groups is 2. The van der Waals surface area contributed by atoms with E-state index in [9.17, 15) is 9.59 Å². The number of hydrogen-bond donors (Lipinski definition) is 1. The highest BCUT2D eigenvalue weighted by Gasteiger charge is 2.25. The number of ether oxygens (including phenoxy) is 1. The molecule has 4 rings (SSSR count). The monoisotopic (exact) mass is 412 g/mol. The van der Waals surface area contributed by atoms with Crippen molar-refractivity contribution in [2.24, 2.45) is 0 Å². The van der Waals surface area contributed by atoms with Crippen LogP contribution < -0.4 is 10.1 Å². The van der Waals surface area contributed by atoms with Gasteiger partial charge >= 0.3 is 6.03 Å².